The number of rotatable bonds is 12. The molecule has 37 heavy (non-hydrogen) atoms. The van der Waals surface area contributed by atoms with Crippen molar-refractivity contribution in [1.82, 2.24) is 0 Å². The van der Waals surface area contributed by atoms with Crippen LogP contribution in [0.2, 0.25) is 0 Å². The zero-order valence-corrected chi connectivity index (χ0v) is 27.8. The van der Waals surface area contributed by atoms with Gasteiger partial charge in [0, 0.05) is 11.8 Å². The van der Waals surface area contributed by atoms with Gasteiger partial charge in [-0.3, -0.25) is 13.9 Å². The zero-order chi connectivity index (χ0) is 29.1. The Morgan fingerprint density at radius 1 is 0.649 bits per heavy atom. The summed E-state index contributed by atoms with van der Waals surface area (Å²) in [5, 5.41) is -1.10. The van der Waals surface area contributed by atoms with E-state index in [1.807, 2.05) is 0 Å². The van der Waals surface area contributed by atoms with Crippen LogP contribution in [0.1, 0.15) is 116 Å². The van der Waals surface area contributed by atoms with Gasteiger partial charge in [0.25, 0.3) is 0 Å². The minimum Gasteiger partial charge on any atom is -0.305 e. The second-order valence-electron chi connectivity index (χ2n) is 14.0. The van der Waals surface area contributed by atoms with Crippen molar-refractivity contribution in [2.24, 2.45) is 28.6 Å². The zero-order valence-electron chi connectivity index (χ0n) is 26.0. The number of ketones is 1. The maximum atomic E-state index is 14.6. The van der Waals surface area contributed by atoms with E-state index in [0.29, 0.717) is 12.8 Å². The van der Waals surface area contributed by atoms with Gasteiger partial charge in [0.2, 0.25) is 0 Å². The van der Waals surface area contributed by atoms with Crippen molar-refractivity contribution in [1.29, 1.82) is 0 Å². The molecule has 0 bridgehead atoms. The third-order valence-electron chi connectivity index (χ3n) is 6.62. The molecule has 0 aromatic heterocycles. The third-order valence-corrected chi connectivity index (χ3v) is 13.1. The molecule has 0 aromatic rings. The Balaban J connectivity index is 3.72. The average Bonchev–Trinajstić information content (AvgIpc) is 2.61. The summed E-state index contributed by atoms with van der Waals surface area (Å²) in [7, 11) is -7.95. The van der Waals surface area contributed by atoms with E-state index in [1.54, 1.807) is 55.4 Å². The lowest BCUT2D eigenvalue weighted by atomic mass is 9.59. The van der Waals surface area contributed by atoms with E-state index in [9.17, 15) is 13.9 Å². The molecular weight excluding hydrogens is 510 g/mol. The first kappa shape index (κ1) is 35.0. The monoisotopic (exact) mass is 566 g/mol. The summed E-state index contributed by atoms with van der Waals surface area (Å²) in [5.41, 5.74) is -0.457. The highest BCUT2D eigenvalue weighted by Gasteiger charge is 2.55. The van der Waals surface area contributed by atoms with Gasteiger partial charge in [0.1, 0.15) is 5.78 Å². The highest BCUT2D eigenvalue weighted by Crippen LogP contribution is 2.74. The van der Waals surface area contributed by atoms with Crippen molar-refractivity contribution in [2.45, 2.75) is 146 Å². The van der Waals surface area contributed by atoms with Crippen LogP contribution in [0.25, 0.3) is 0 Å². The van der Waals surface area contributed by atoms with E-state index in [4.69, 9.17) is 18.1 Å². The van der Waals surface area contributed by atoms with E-state index in [-0.39, 0.29) is 40.8 Å². The summed E-state index contributed by atoms with van der Waals surface area (Å²) in [5.74, 6) is -0.0725. The number of hydrogen-bond acceptors (Lipinski definition) is 7. The fourth-order valence-corrected chi connectivity index (χ4v) is 11.4. The van der Waals surface area contributed by atoms with Crippen molar-refractivity contribution in [3.63, 3.8) is 0 Å². The summed E-state index contributed by atoms with van der Waals surface area (Å²) in [6, 6.07) is 0. The largest absolute Gasteiger partial charge is 0.346 e. The Morgan fingerprint density at radius 3 is 1.14 bits per heavy atom. The second kappa shape index (κ2) is 13.1. The van der Waals surface area contributed by atoms with Crippen LogP contribution in [0.3, 0.4) is 0 Å². The number of hydrogen-bond donors (Lipinski definition) is 0. The molecule has 2 atom stereocenters. The van der Waals surface area contributed by atoms with Gasteiger partial charge >= 0.3 is 15.2 Å². The minimum absolute atomic E-state index is 0.0316. The van der Waals surface area contributed by atoms with Crippen molar-refractivity contribution < 1.29 is 32.0 Å². The predicted molar refractivity (Wildman–Crippen MR) is 152 cm³/mol. The molecule has 1 aliphatic rings. The Bertz CT molecular complexity index is 744. The average molecular weight is 567 g/mol. The first-order valence-corrected chi connectivity index (χ1v) is 17.2. The van der Waals surface area contributed by atoms with Crippen molar-refractivity contribution >= 4 is 21.0 Å². The maximum Gasteiger partial charge on any atom is 0.346 e. The summed E-state index contributed by atoms with van der Waals surface area (Å²) in [6.45, 7) is 26.9. The smallest absolute Gasteiger partial charge is 0.305 e. The van der Waals surface area contributed by atoms with Gasteiger partial charge in [-0.25, -0.2) is 0 Å². The van der Waals surface area contributed by atoms with E-state index in [1.165, 1.54) is 0 Å². The molecule has 0 spiro atoms. The summed E-state index contributed by atoms with van der Waals surface area (Å²) >= 11 is 0. The lowest BCUT2D eigenvalue weighted by molar-refractivity contribution is -0.139. The first-order chi connectivity index (χ1) is 16.5. The fraction of sp³-hybridized carbons (Fsp3) is 0.964. The maximum absolute atomic E-state index is 14.6. The third kappa shape index (κ3) is 10.1. The molecule has 220 valence electrons. The van der Waals surface area contributed by atoms with Gasteiger partial charge < -0.3 is 18.1 Å². The molecule has 0 amide bonds. The molecule has 9 heteroatoms. The van der Waals surface area contributed by atoms with Crippen LogP contribution in [0.4, 0.5) is 0 Å². The summed E-state index contributed by atoms with van der Waals surface area (Å²) in [4.78, 5) is 13.6. The van der Waals surface area contributed by atoms with E-state index in [2.05, 4.69) is 41.5 Å². The van der Waals surface area contributed by atoms with Gasteiger partial charge in [-0.1, -0.05) is 41.5 Å². The molecule has 0 unspecified atom stereocenters. The molecule has 0 radical (unpaired) electrons. The van der Waals surface area contributed by atoms with Crippen LogP contribution in [0.15, 0.2) is 0 Å². The minimum atomic E-state index is -3.98. The van der Waals surface area contributed by atoms with E-state index < -0.39 is 45.0 Å². The number of carbonyl (C=O) groups excluding carboxylic acids is 1. The van der Waals surface area contributed by atoms with E-state index >= 15 is 0 Å². The Morgan fingerprint density at radius 2 is 0.919 bits per heavy atom. The van der Waals surface area contributed by atoms with Crippen LogP contribution in [-0.2, 0) is 32.0 Å². The molecule has 1 aliphatic carbocycles. The summed E-state index contributed by atoms with van der Waals surface area (Å²) < 4.78 is 53.2. The molecule has 0 heterocycles. The second-order valence-corrected chi connectivity index (χ2v) is 18.6. The molecule has 1 rings (SSSR count). The quantitative estimate of drug-likeness (QED) is 0.218. The highest BCUT2D eigenvalue weighted by molar-refractivity contribution is 7.72. The topological polar surface area (TPSA) is 88.1 Å². The van der Waals surface area contributed by atoms with E-state index in [0.717, 1.165) is 0 Å². The lowest BCUT2D eigenvalue weighted by Crippen LogP contribution is -2.45. The summed E-state index contributed by atoms with van der Waals surface area (Å²) in [6.07, 6.45) is -0.171. The molecular formula is C28H56O7P2. The van der Waals surface area contributed by atoms with Crippen LogP contribution < -0.4 is 0 Å². The van der Waals surface area contributed by atoms with Crippen molar-refractivity contribution in [2.75, 3.05) is 0 Å². The van der Waals surface area contributed by atoms with Crippen LogP contribution in [0, 0.1) is 28.6 Å². The predicted octanol–water partition coefficient (Wildman–Crippen LogP) is 9.09. The molecule has 0 saturated heterocycles. The molecule has 0 aromatic carbocycles. The van der Waals surface area contributed by atoms with Crippen LogP contribution >= 0.6 is 15.2 Å². The van der Waals surface area contributed by atoms with Gasteiger partial charge in [0.05, 0.1) is 24.4 Å². The fourth-order valence-electron chi connectivity index (χ4n) is 5.23. The highest BCUT2D eigenvalue weighted by atomic mass is 31.2. The van der Waals surface area contributed by atoms with Crippen molar-refractivity contribution in [3.05, 3.63) is 0 Å². The van der Waals surface area contributed by atoms with Gasteiger partial charge in [-0.05, 0) is 91.4 Å². The van der Waals surface area contributed by atoms with Gasteiger partial charge in [-0.15, -0.1) is 0 Å². The van der Waals surface area contributed by atoms with Gasteiger partial charge in [0.15, 0.2) is 5.40 Å². The molecule has 1 saturated carbocycles. The molecule has 0 N–H and O–H groups in total. The Labute approximate surface area is 227 Å². The van der Waals surface area contributed by atoms with Crippen LogP contribution in [-0.4, -0.2) is 35.6 Å². The number of carbonyl (C=O) groups is 1. The first-order valence-electron chi connectivity index (χ1n) is 14.0. The SMILES string of the molecule is CC(C)OP(=O)(OC(C)C)C(CC1C[C@H](C(C)(C)C)C(=O)[C@@H](C(C)(C)C)C1)P(=O)(OC(C)C)OC(C)C. The van der Waals surface area contributed by atoms with Crippen LogP contribution in [0.5, 0.6) is 0 Å². The van der Waals surface area contributed by atoms with Crippen molar-refractivity contribution in [3.8, 4) is 0 Å². The lowest BCUT2D eigenvalue weighted by Gasteiger charge is -2.45. The Hall–Kier alpha value is -0.0300. The Kier molecular flexibility index (Phi) is 12.4. The molecule has 7 nitrogen and oxygen atoms in total. The standard InChI is InChI=1S/C28H56O7P2/c1-18(2)32-36(30,33-19(3)4)25(37(31,34-20(5)6)35-21(7)8)17-22-15-23(27(9,10)11)26(29)24(16-22)28(12,13)14/h18-25H,15-17H2,1-14H3/t23-,24-/m0/s1. The van der Waals surface area contributed by atoms with Gasteiger partial charge in [-0.2, -0.15) is 0 Å². The molecule has 1 fully saturated rings. The normalized spacial score (nSPS) is 22.8. The number of Topliss-reactive ketones (excluding diaryl/α,β-unsaturated/α-hetero) is 1. The molecule has 0 aliphatic heterocycles.